The minimum atomic E-state index is -4.59. The summed E-state index contributed by atoms with van der Waals surface area (Å²) in [6, 6.07) is 1.53. The van der Waals surface area contributed by atoms with Crippen LogP contribution in [-0.4, -0.2) is 50.4 Å². The second-order valence-electron chi connectivity index (χ2n) is 7.53. The third-order valence-corrected chi connectivity index (χ3v) is 5.21. The average molecular weight is 406 g/mol. The molecule has 2 fully saturated rings. The number of likely N-dealkylation sites (N-methyl/N-ethyl adjacent to an activating group) is 1. The molecule has 1 aliphatic carbocycles. The van der Waals surface area contributed by atoms with Crippen molar-refractivity contribution in [1.29, 1.82) is 0 Å². The molecular formula is C19H21F3N6O. The molecule has 2 aliphatic rings. The second kappa shape index (κ2) is 7.66. The number of alkyl halides is 3. The first-order valence-corrected chi connectivity index (χ1v) is 9.56. The van der Waals surface area contributed by atoms with E-state index in [1.54, 1.807) is 6.07 Å². The highest BCUT2D eigenvalue weighted by Crippen LogP contribution is 2.38. The second-order valence-corrected chi connectivity index (χ2v) is 7.53. The Morgan fingerprint density at radius 2 is 1.93 bits per heavy atom. The van der Waals surface area contributed by atoms with Crippen LogP contribution in [0.4, 0.5) is 13.2 Å². The molecule has 1 amide bonds. The van der Waals surface area contributed by atoms with Gasteiger partial charge in [0.25, 0.3) is 0 Å². The van der Waals surface area contributed by atoms with E-state index in [-0.39, 0.29) is 24.4 Å². The van der Waals surface area contributed by atoms with Crippen molar-refractivity contribution in [2.24, 2.45) is 0 Å². The summed E-state index contributed by atoms with van der Waals surface area (Å²) in [5, 5.41) is 2.91. The Labute approximate surface area is 165 Å². The van der Waals surface area contributed by atoms with Crippen molar-refractivity contribution >= 4 is 5.91 Å². The Morgan fingerprint density at radius 3 is 2.52 bits per heavy atom. The molecule has 0 radical (unpaired) electrons. The molecule has 29 heavy (non-hydrogen) atoms. The van der Waals surface area contributed by atoms with Crippen molar-refractivity contribution in [2.75, 3.05) is 13.6 Å². The number of halogens is 3. The lowest BCUT2D eigenvalue weighted by molar-refractivity contribution is -0.145. The molecule has 7 nitrogen and oxygen atoms in total. The zero-order valence-electron chi connectivity index (χ0n) is 15.9. The van der Waals surface area contributed by atoms with Gasteiger partial charge in [-0.3, -0.25) is 9.69 Å². The minimum absolute atomic E-state index is 0.0454. The Bertz CT molecular complexity index is 898. The first kappa shape index (κ1) is 19.7. The van der Waals surface area contributed by atoms with Crippen LogP contribution < -0.4 is 5.32 Å². The Balaban J connectivity index is 1.54. The van der Waals surface area contributed by atoms with Crippen molar-refractivity contribution < 1.29 is 18.0 Å². The van der Waals surface area contributed by atoms with Crippen LogP contribution in [0.5, 0.6) is 0 Å². The van der Waals surface area contributed by atoms with Crippen LogP contribution in [0.25, 0.3) is 11.3 Å². The largest absolute Gasteiger partial charge is 0.451 e. The van der Waals surface area contributed by atoms with Crippen LogP contribution in [0.3, 0.4) is 0 Å². The summed E-state index contributed by atoms with van der Waals surface area (Å²) in [6.45, 7) is 1.13. The molecule has 2 aromatic rings. The number of likely N-dealkylation sites (tertiary alicyclic amines) is 1. The molecule has 1 atom stereocenters. The fourth-order valence-electron chi connectivity index (χ4n) is 3.42. The molecule has 0 unspecified atom stereocenters. The smallest absolute Gasteiger partial charge is 0.349 e. The van der Waals surface area contributed by atoms with E-state index in [0.29, 0.717) is 22.8 Å². The van der Waals surface area contributed by atoms with Crippen molar-refractivity contribution in [3.05, 3.63) is 35.8 Å². The molecule has 1 aliphatic heterocycles. The van der Waals surface area contributed by atoms with Crippen molar-refractivity contribution in [1.82, 2.24) is 30.2 Å². The highest BCUT2D eigenvalue weighted by atomic mass is 19.4. The van der Waals surface area contributed by atoms with Crippen molar-refractivity contribution in [3.8, 4) is 11.3 Å². The first-order valence-electron chi connectivity index (χ1n) is 9.56. The number of nitrogens with zero attached hydrogens (tertiary/aromatic N) is 5. The molecule has 4 rings (SSSR count). The number of nitrogens with one attached hydrogen (secondary N) is 1. The van der Waals surface area contributed by atoms with Gasteiger partial charge in [0, 0.05) is 23.9 Å². The molecular weight excluding hydrogens is 385 g/mol. The van der Waals surface area contributed by atoms with Gasteiger partial charge >= 0.3 is 6.18 Å². The van der Waals surface area contributed by atoms with Gasteiger partial charge in [0.2, 0.25) is 11.7 Å². The van der Waals surface area contributed by atoms with Crippen LogP contribution >= 0.6 is 0 Å². The highest BCUT2D eigenvalue weighted by Gasteiger charge is 2.34. The van der Waals surface area contributed by atoms with Crippen molar-refractivity contribution in [3.63, 3.8) is 0 Å². The molecule has 0 aromatic carbocycles. The molecule has 2 aromatic heterocycles. The Kier molecular flexibility index (Phi) is 5.20. The molecule has 0 bridgehead atoms. The summed E-state index contributed by atoms with van der Waals surface area (Å²) in [5.41, 5.74) is 1.45. The molecule has 10 heteroatoms. The summed E-state index contributed by atoms with van der Waals surface area (Å²) in [4.78, 5) is 30.3. The molecule has 3 heterocycles. The summed E-state index contributed by atoms with van der Waals surface area (Å²) >= 11 is 0. The first-order chi connectivity index (χ1) is 13.8. The standard InChI is InChI=1S/C19H21F3N6O/c1-28-6-2-3-15(28)17(29)23-10-13-7-14(27-16(26-13)11-4-5-11)12-8-24-18(25-9-12)19(20,21)22/h7-9,11,15H,2-6,10H2,1H3,(H,23,29)/t15-/m0/s1. The van der Waals surface area contributed by atoms with E-state index < -0.39 is 12.0 Å². The normalized spacial score (nSPS) is 20.1. The van der Waals surface area contributed by atoms with Crippen LogP contribution in [0.2, 0.25) is 0 Å². The van der Waals surface area contributed by atoms with Gasteiger partial charge in [-0.25, -0.2) is 19.9 Å². The molecule has 0 spiro atoms. The van der Waals surface area contributed by atoms with E-state index in [2.05, 4.69) is 25.3 Å². The Hall–Kier alpha value is -2.62. The van der Waals surface area contributed by atoms with Crippen molar-refractivity contribution in [2.45, 2.75) is 50.4 Å². The highest BCUT2D eigenvalue weighted by molar-refractivity contribution is 5.81. The van der Waals surface area contributed by atoms with E-state index in [1.807, 2.05) is 11.9 Å². The molecule has 1 saturated heterocycles. The van der Waals surface area contributed by atoms with Crippen LogP contribution in [-0.2, 0) is 17.5 Å². The van der Waals surface area contributed by atoms with Gasteiger partial charge in [0.1, 0.15) is 5.82 Å². The van der Waals surface area contributed by atoms with Gasteiger partial charge < -0.3 is 5.32 Å². The number of aromatic nitrogens is 4. The van der Waals surface area contributed by atoms with E-state index in [1.165, 1.54) is 0 Å². The van der Waals surface area contributed by atoms with Gasteiger partial charge in [-0.2, -0.15) is 13.2 Å². The summed E-state index contributed by atoms with van der Waals surface area (Å²) in [7, 11) is 1.93. The average Bonchev–Trinajstić information content (AvgIpc) is 3.46. The van der Waals surface area contributed by atoms with E-state index in [4.69, 9.17) is 0 Å². The van der Waals surface area contributed by atoms with E-state index >= 15 is 0 Å². The number of rotatable bonds is 5. The number of hydrogen-bond donors (Lipinski definition) is 1. The van der Waals surface area contributed by atoms with Gasteiger partial charge in [-0.05, 0) is 45.3 Å². The molecule has 154 valence electrons. The van der Waals surface area contributed by atoms with Gasteiger partial charge in [-0.15, -0.1) is 0 Å². The number of hydrogen-bond acceptors (Lipinski definition) is 6. The zero-order chi connectivity index (χ0) is 20.6. The molecule has 1 N–H and O–H groups in total. The lowest BCUT2D eigenvalue weighted by Crippen LogP contribution is -2.41. The maximum Gasteiger partial charge on any atom is 0.451 e. The lowest BCUT2D eigenvalue weighted by atomic mass is 10.2. The predicted octanol–water partition coefficient (Wildman–Crippen LogP) is 2.54. The fourth-order valence-corrected chi connectivity index (χ4v) is 3.42. The maximum absolute atomic E-state index is 12.7. The van der Waals surface area contributed by atoms with E-state index in [9.17, 15) is 18.0 Å². The SMILES string of the molecule is CN1CCC[C@H]1C(=O)NCc1cc(-c2cnc(C(F)(F)F)nc2)nc(C2CC2)n1. The minimum Gasteiger partial charge on any atom is -0.349 e. The van der Waals surface area contributed by atoms with E-state index in [0.717, 1.165) is 44.6 Å². The third kappa shape index (κ3) is 4.52. The Morgan fingerprint density at radius 1 is 1.21 bits per heavy atom. The monoisotopic (exact) mass is 406 g/mol. The predicted molar refractivity (Wildman–Crippen MR) is 97.5 cm³/mol. The summed E-state index contributed by atoms with van der Waals surface area (Å²) in [6.07, 6.45) is 1.42. The lowest BCUT2D eigenvalue weighted by Gasteiger charge is -2.18. The summed E-state index contributed by atoms with van der Waals surface area (Å²) < 4.78 is 38.1. The molecule has 1 saturated carbocycles. The fraction of sp³-hybridized carbons (Fsp3) is 0.526. The van der Waals surface area contributed by atoms with Gasteiger partial charge in [0.05, 0.1) is 24.0 Å². The zero-order valence-corrected chi connectivity index (χ0v) is 15.9. The van der Waals surface area contributed by atoms with Crippen LogP contribution in [0.15, 0.2) is 18.5 Å². The number of carbonyl (C=O) groups excluding carboxylic acids is 1. The maximum atomic E-state index is 12.7. The summed E-state index contributed by atoms with van der Waals surface area (Å²) in [5.74, 6) is -0.341. The number of carbonyl (C=O) groups is 1. The topological polar surface area (TPSA) is 83.9 Å². The van der Waals surface area contributed by atoms with Crippen LogP contribution in [0.1, 0.15) is 48.9 Å². The van der Waals surface area contributed by atoms with Gasteiger partial charge in [0.15, 0.2) is 0 Å². The number of amides is 1. The van der Waals surface area contributed by atoms with Gasteiger partial charge in [-0.1, -0.05) is 0 Å². The third-order valence-electron chi connectivity index (χ3n) is 5.21. The van der Waals surface area contributed by atoms with Crippen LogP contribution in [0, 0.1) is 0 Å². The quantitative estimate of drug-likeness (QED) is 0.822.